The van der Waals surface area contributed by atoms with Gasteiger partial charge < -0.3 is 9.32 Å². The summed E-state index contributed by atoms with van der Waals surface area (Å²) in [5.41, 5.74) is 2.74. The minimum Gasteiger partial charge on any atom is -0.422 e. The summed E-state index contributed by atoms with van der Waals surface area (Å²) >= 11 is 0. The number of nitrogens with zero attached hydrogens (tertiary/aromatic N) is 4. The summed E-state index contributed by atoms with van der Waals surface area (Å²) in [6.07, 6.45) is 0. The van der Waals surface area contributed by atoms with Crippen molar-refractivity contribution in [2.75, 3.05) is 23.4 Å². The van der Waals surface area contributed by atoms with Crippen LogP contribution in [0.2, 0.25) is 0 Å². The lowest BCUT2D eigenvalue weighted by molar-refractivity contribution is -0.393. The monoisotopic (exact) mass is 439 g/mol. The molecular formula is C21H21N5O6. The maximum atomic E-state index is 12.5. The van der Waals surface area contributed by atoms with Crippen LogP contribution in [-0.4, -0.2) is 28.6 Å². The van der Waals surface area contributed by atoms with Gasteiger partial charge in [0.2, 0.25) is 0 Å². The topological polar surface area (TPSA) is 144 Å². The van der Waals surface area contributed by atoms with Crippen molar-refractivity contribution in [2.45, 2.75) is 20.8 Å². The summed E-state index contributed by atoms with van der Waals surface area (Å²) in [4.78, 5) is 35.3. The first-order valence-electron chi connectivity index (χ1n) is 9.81. The number of nitrogens with one attached hydrogen (secondary N) is 1. The molecule has 0 spiro atoms. The van der Waals surface area contributed by atoms with Crippen molar-refractivity contribution >= 4 is 39.4 Å². The fourth-order valence-corrected chi connectivity index (χ4v) is 3.22. The third kappa shape index (κ3) is 4.56. The van der Waals surface area contributed by atoms with Crippen LogP contribution in [0, 0.1) is 20.2 Å². The Morgan fingerprint density at radius 2 is 1.78 bits per heavy atom. The van der Waals surface area contributed by atoms with E-state index < -0.39 is 26.8 Å². The van der Waals surface area contributed by atoms with Crippen molar-refractivity contribution in [3.05, 3.63) is 78.7 Å². The zero-order valence-electron chi connectivity index (χ0n) is 17.7. The highest BCUT2D eigenvalue weighted by molar-refractivity contribution is 6.01. The van der Waals surface area contributed by atoms with E-state index in [2.05, 4.69) is 15.4 Å². The summed E-state index contributed by atoms with van der Waals surface area (Å²) in [6.45, 7) is 7.25. The first-order chi connectivity index (χ1) is 15.2. The van der Waals surface area contributed by atoms with Crippen LogP contribution in [0.15, 0.2) is 56.8 Å². The summed E-state index contributed by atoms with van der Waals surface area (Å²) < 4.78 is 5.48. The van der Waals surface area contributed by atoms with Crippen LogP contribution < -0.4 is 16.0 Å². The van der Waals surface area contributed by atoms with Crippen LogP contribution in [0.1, 0.15) is 26.3 Å². The summed E-state index contributed by atoms with van der Waals surface area (Å²) in [6, 6.07) is 10.4. The van der Waals surface area contributed by atoms with Gasteiger partial charge in [0.15, 0.2) is 0 Å². The minimum atomic E-state index is -0.752. The summed E-state index contributed by atoms with van der Waals surface area (Å²) in [5.74, 6) is 0. The zero-order valence-corrected chi connectivity index (χ0v) is 17.7. The van der Waals surface area contributed by atoms with Gasteiger partial charge in [0.1, 0.15) is 11.3 Å². The van der Waals surface area contributed by atoms with Crippen molar-refractivity contribution in [3.63, 3.8) is 0 Å². The molecular weight excluding hydrogens is 418 g/mol. The second-order valence-electron chi connectivity index (χ2n) is 6.87. The number of hydrogen-bond acceptors (Lipinski definition) is 9. The number of non-ortho nitro benzene ring substituents is 1. The average molecular weight is 439 g/mol. The molecule has 0 unspecified atom stereocenters. The van der Waals surface area contributed by atoms with Gasteiger partial charge in [-0.2, -0.15) is 5.10 Å². The highest BCUT2D eigenvalue weighted by atomic mass is 16.6. The minimum absolute atomic E-state index is 0.0472. The van der Waals surface area contributed by atoms with Gasteiger partial charge in [-0.25, -0.2) is 4.79 Å². The fourth-order valence-electron chi connectivity index (χ4n) is 3.22. The normalized spacial score (nSPS) is 11.4. The second kappa shape index (κ2) is 9.25. The number of fused-ring (bicyclic) bond motifs is 1. The van der Waals surface area contributed by atoms with Gasteiger partial charge in [-0.15, -0.1) is 0 Å². The Hall–Kier alpha value is -4.28. The molecule has 1 heterocycles. The van der Waals surface area contributed by atoms with E-state index in [4.69, 9.17) is 4.42 Å². The molecule has 32 heavy (non-hydrogen) atoms. The van der Waals surface area contributed by atoms with Crippen molar-refractivity contribution in [2.24, 2.45) is 5.10 Å². The molecule has 0 amide bonds. The largest absolute Gasteiger partial charge is 0.422 e. The molecule has 166 valence electrons. The number of nitro groups is 2. The van der Waals surface area contributed by atoms with Crippen LogP contribution in [0.25, 0.3) is 11.0 Å². The zero-order chi connectivity index (χ0) is 23.4. The molecule has 0 saturated heterocycles. The number of hydrogen-bond donors (Lipinski definition) is 1. The van der Waals surface area contributed by atoms with Gasteiger partial charge in [0, 0.05) is 36.3 Å². The quantitative estimate of drug-likeness (QED) is 0.237. The van der Waals surface area contributed by atoms with Gasteiger partial charge in [-0.05, 0) is 45.0 Å². The van der Waals surface area contributed by atoms with Gasteiger partial charge >= 0.3 is 11.3 Å². The summed E-state index contributed by atoms with van der Waals surface area (Å²) in [7, 11) is 0. The lowest BCUT2D eigenvalue weighted by Gasteiger charge is -2.21. The van der Waals surface area contributed by atoms with Crippen molar-refractivity contribution < 1.29 is 14.3 Å². The SMILES string of the molecule is CCN(CC)c1ccc2cc(/C(C)=N\Nc3ccc([N+](=O)[O-])cc3[N+](=O)[O-])c(=O)oc2c1. The molecule has 0 atom stereocenters. The van der Waals surface area contributed by atoms with E-state index in [0.29, 0.717) is 11.0 Å². The van der Waals surface area contributed by atoms with E-state index in [0.717, 1.165) is 30.9 Å². The fraction of sp³-hybridized carbons (Fsp3) is 0.238. The number of hydrazone groups is 1. The molecule has 0 saturated carbocycles. The van der Waals surface area contributed by atoms with Gasteiger partial charge in [-0.1, -0.05) is 0 Å². The number of benzene rings is 2. The molecule has 11 nitrogen and oxygen atoms in total. The molecule has 0 aliphatic carbocycles. The van der Waals surface area contributed by atoms with E-state index in [1.54, 1.807) is 19.1 Å². The molecule has 3 aromatic rings. The smallest absolute Gasteiger partial charge is 0.345 e. The Labute approximate surface area is 182 Å². The molecule has 0 aliphatic heterocycles. The maximum absolute atomic E-state index is 12.5. The first kappa shape index (κ1) is 22.4. The molecule has 2 aromatic carbocycles. The highest BCUT2D eigenvalue weighted by Gasteiger charge is 2.19. The van der Waals surface area contributed by atoms with E-state index in [1.807, 2.05) is 26.0 Å². The lowest BCUT2D eigenvalue weighted by atomic mass is 10.1. The number of rotatable bonds is 8. The molecule has 1 aromatic heterocycles. The number of nitro benzene ring substituents is 2. The van der Waals surface area contributed by atoms with Crippen molar-refractivity contribution in [1.82, 2.24) is 0 Å². The molecule has 0 radical (unpaired) electrons. The summed E-state index contributed by atoms with van der Waals surface area (Å²) in [5, 5.41) is 26.9. The Morgan fingerprint density at radius 3 is 2.41 bits per heavy atom. The van der Waals surface area contributed by atoms with Gasteiger partial charge in [-0.3, -0.25) is 25.7 Å². The Kier molecular flexibility index (Phi) is 6.47. The first-order valence-corrected chi connectivity index (χ1v) is 9.81. The van der Waals surface area contributed by atoms with E-state index in [-0.39, 0.29) is 17.0 Å². The van der Waals surface area contributed by atoms with Crippen LogP contribution in [0.3, 0.4) is 0 Å². The Bertz CT molecular complexity index is 1280. The highest BCUT2D eigenvalue weighted by Crippen LogP contribution is 2.29. The van der Waals surface area contributed by atoms with Gasteiger partial charge in [0.05, 0.1) is 27.2 Å². The molecule has 11 heteroatoms. The molecule has 0 bridgehead atoms. The van der Waals surface area contributed by atoms with Crippen LogP contribution in [-0.2, 0) is 0 Å². The van der Waals surface area contributed by atoms with E-state index in [9.17, 15) is 25.0 Å². The predicted octanol–water partition coefficient (Wildman–Crippen LogP) is 4.29. The van der Waals surface area contributed by atoms with Crippen molar-refractivity contribution in [1.29, 1.82) is 0 Å². The van der Waals surface area contributed by atoms with E-state index in [1.165, 1.54) is 6.07 Å². The van der Waals surface area contributed by atoms with Crippen LogP contribution >= 0.6 is 0 Å². The average Bonchev–Trinajstić information content (AvgIpc) is 2.77. The lowest BCUT2D eigenvalue weighted by Crippen LogP contribution is -2.21. The standard InChI is InChI=1S/C21H21N5O6/c1-4-24(5-2)15-7-6-14-10-17(21(27)32-20(14)12-15)13(3)22-23-18-9-8-16(25(28)29)11-19(18)26(30)31/h6-12,23H,4-5H2,1-3H3/b22-13-. The number of anilines is 2. The maximum Gasteiger partial charge on any atom is 0.345 e. The van der Waals surface area contributed by atoms with E-state index >= 15 is 0 Å². The van der Waals surface area contributed by atoms with Crippen molar-refractivity contribution in [3.8, 4) is 0 Å². The molecule has 1 N–H and O–H groups in total. The Morgan fingerprint density at radius 1 is 1.06 bits per heavy atom. The van der Waals surface area contributed by atoms with Crippen LogP contribution in [0.4, 0.5) is 22.7 Å². The molecule has 0 fully saturated rings. The molecule has 3 rings (SSSR count). The van der Waals surface area contributed by atoms with Gasteiger partial charge in [0.25, 0.3) is 5.69 Å². The molecule has 0 aliphatic rings. The third-order valence-electron chi connectivity index (χ3n) is 4.97. The van der Waals surface area contributed by atoms with Crippen LogP contribution in [0.5, 0.6) is 0 Å². The second-order valence-corrected chi connectivity index (χ2v) is 6.87. The third-order valence-corrected chi connectivity index (χ3v) is 4.97. The predicted molar refractivity (Wildman–Crippen MR) is 122 cm³/mol. The Balaban J connectivity index is 1.94.